The van der Waals surface area contributed by atoms with Gasteiger partial charge in [-0.25, -0.2) is 9.50 Å². The van der Waals surface area contributed by atoms with Crippen LogP contribution in [0.25, 0.3) is 26.7 Å². The number of nitrogens with zero attached hydrogens (tertiary/aromatic N) is 5. The molecule has 0 bridgehead atoms. The summed E-state index contributed by atoms with van der Waals surface area (Å²) in [6.45, 7) is 8.37. The highest BCUT2D eigenvalue weighted by Crippen LogP contribution is 2.41. The summed E-state index contributed by atoms with van der Waals surface area (Å²) < 4.78 is 7.00. The third kappa shape index (κ3) is 4.42. The summed E-state index contributed by atoms with van der Waals surface area (Å²) in [6.07, 6.45) is 3.10. The van der Waals surface area contributed by atoms with Crippen molar-refractivity contribution in [2.75, 3.05) is 32.1 Å². The van der Waals surface area contributed by atoms with Gasteiger partial charge in [-0.1, -0.05) is 19.9 Å². The number of aromatic nitrogens is 4. The van der Waals surface area contributed by atoms with Crippen LogP contribution >= 0.6 is 11.3 Å². The molecule has 5 rings (SSSR count). The monoisotopic (exact) mass is 505 g/mol. The maximum absolute atomic E-state index is 12.7. The number of likely N-dealkylation sites (tertiary alicyclic amines) is 1. The summed E-state index contributed by atoms with van der Waals surface area (Å²) in [5, 5.41) is 7.42. The van der Waals surface area contributed by atoms with E-state index in [2.05, 4.69) is 39.1 Å². The lowest BCUT2D eigenvalue weighted by atomic mass is 9.84. The first-order valence-electron chi connectivity index (χ1n) is 11.5. The fraction of sp³-hybridized carbons (Fsp3) is 0.320. The summed E-state index contributed by atoms with van der Waals surface area (Å²) in [4.78, 5) is 37.4. The Morgan fingerprint density at radius 1 is 1.25 bits per heavy atom. The number of carbonyl (C=O) groups excluding carboxylic acids is 2. The second kappa shape index (κ2) is 8.99. The minimum Gasteiger partial charge on any atom is -0.481 e. The van der Waals surface area contributed by atoms with Crippen molar-refractivity contribution in [1.82, 2.24) is 24.5 Å². The van der Waals surface area contributed by atoms with Gasteiger partial charge in [-0.3, -0.25) is 19.5 Å². The van der Waals surface area contributed by atoms with E-state index in [0.717, 1.165) is 29.2 Å². The van der Waals surface area contributed by atoms with E-state index in [1.165, 1.54) is 17.5 Å². The van der Waals surface area contributed by atoms with E-state index in [-0.39, 0.29) is 11.3 Å². The molecule has 0 aliphatic carbocycles. The maximum Gasteiger partial charge on any atom is 0.253 e. The second-order valence-corrected chi connectivity index (χ2v) is 10.7. The molecule has 1 aliphatic heterocycles. The minimum atomic E-state index is -0.562. The normalized spacial score (nSPS) is 15.0. The summed E-state index contributed by atoms with van der Waals surface area (Å²) in [6, 6.07) is 7.35. The van der Waals surface area contributed by atoms with Crippen molar-refractivity contribution in [3.63, 3.8) is 0 Å². The number of rotatable bonds is 7. The molecule has 3 N–H and O–H groups in total. The number of amides is 2. The van der Waals surface area contributed by atoms with Crippen LogP contribution in [0.4, 0.5) is 5.69 Å². The lowest BCUT2D eigenvalue weighted by Gasteiger charge is -2.45. The summed E-state index contributed by atoms with van der Waals surface area (Å²) in [7, 11) is 1.56. The van der Waals surface area contributed by atoms with Crippen molar-refractivity contribution in [2.24, 2.45) is 11.1 Å². The molecule has 11 heteroatoms. The van der Waals surface area contributed by atoms with E-state index < -0.39 is 5.91 Å². The number of ether oxygens (including phenoxy) is 1. The van der Waals surface area contributed by atoms with E-state index >= 15 is 0 Å². The van der Waals surface area contributed by atoms with Crippen LogP contribution in [0.2, 0.25) is 0 Å². The molecule has 1 saturated heterocycles. The number of primary amides is 1. The predicted molar refractivity (Wildman–Crippen MR) is 138 cm³/mol. The Hall–Kier alpha value is -3.83. The summed E-state index contributed by atoms with van der Waals surface area (Å²) in [5.74, 6) is -0.194. The molecule has 4 aromatic rings. The SMILES string of the molecule is COc1cccc(-c2sc3c(C(N)=O)cnn3c2-c2cc(NC(=O)CN3CC(C)(C)C3)cnc2C)n1. The molecule has 0 atom stereocenters. The van der Waals surface area contributed by atoms with E-state index in [1.807, 2.05) is 25.1 Å². The van der Waals surface area contributed by atoms with Crippen molar-refractivity contribution < 1.29 is 14.3 Å². The van der Waals surface area contributed by atoms with Crippen LogP contribution in [0.5, 0.6) is 5.88 Å². The first-order chi connectivity index (χ1) is 17.1. The molecule has 36 heavy (non-hydrogen) atoms. The van der Waals surface area contributed by atoms with Gasteiger partial charge in [0.2, 0.25) is 11.8 Å². The molecular formula is C25H27N7O3S. The average molecular weight is 506 g/mol. The average Bonchev–Trinajstić information content (AvgIpc) is 3.38. The largest absolute Gasteiger partial charge is 0.481 e. The van der Waals surface area contributed by atoms with Crippen LogP contribution in [0.3, 0.4) is 0 Å². The second-order valence-electron chi connectivity index (χ2n) is 9.70. The van der Waals surface area contributed by atoms with E-state index in [4.69, 9.17) is 10.5 Å². The van der Waals surface area contributed by atoms with Crippen LogP contribution < -0.4 is 15.8 Å². The lowest BCUT2D eigenvalue weighted by Crippen LogP contribution is -2.54. The number of aryl methyl sites for hydroxylation is 1. The highest BCUT2D eigenvalue weighted by atomic mass is 32.1. The Kier molecular flexibility index (Phi) is 5.97. The first-order valence-corrected chi connectivity index (χ1v) is 12.3. The van der Waals surface area contributed by atoms with Crippen LogP contribution in [0.15, 0.2) is 36.7 Å². The van der Waals surface area contributed by atoms with Gasteiger partial charge in [-0.15, -0.1) is 11.3 Å². The van der Waals surface area contributed by atoms with Crippen molar-refractivity contribution in [3.8, 4) is 27.7 Å². The zero-order chi connectivity index (χ0) is 25.6. The quantitative estimate of drug-likeness (QED) is 0.395. The molecule has 0 spiro atoms. The molecule has 10 nitrogen and oxygen atoms in total. The Bertz CT molecular complexity index is 1480. The Morgan fingerprint density at radius 2 is 2.03 bits per heavy atom. The number of carbonyl (C=O) groups is 2. The van der Waals surface area contributed by atoms with Gasteiger partial charge < -0.3 is 15.8 Å². The Morgan fingerprint density at radius 3 is 2.72 bits per heavy atom. The fourth-order valence-corrected chi connectivity index (χ4v) is 5.78. The highest BCUT2D eigenvalue weighted by molar-refractivity contribution is 7.21. The fourth-order valence-electron chi connectivity index (χ4n) is 4.59. The van der Waals surface area contributed by atoms with Gasteiger partial charge in [-0.05, 0) is 24.5 Å². The molecule has 0 radical (unpaired) electrons. The van der Waals surface area contributed by atoms with E-state index in [1.54, 1.807) is 23.9 Å². The number of nitrogens with one attached hydrogen (secondary N) is 1. The van der Waals surface area contributed by atoms with Gasteiger partial charge in [0.15, 0.2) is 0 Å². The van der Waals surface area contributed by atoms with Crippen LogP contribution in [0, 0.1) is 12.3 Å². The van der Waals surface area contributed by atoms with Gasteiger partial charge >= 0.3 is 0 Å². The van der Waals surface area contributed by atoms with E-state index in [9.17, 15) is 9.59 Å². The number of methoxy groups -OCH3 is 1. The lowest BCUT2D eigenvalue weighted by molar-refractivity contribution is -0.120. The van der Waals surface area contributed by atoms with Crippen molar-refractivity contribution >= 4 is 33.7 Å². The van der Waals surface area contributed by atoms with Gasteiger partial charge in [0.05, 0.1) is 53.6 Å². The zero-order valence-electron chi connectivity index (χ0n) is 20.5. The predicted octanol–water partition coefficient (Wildman–Crippen LogP) is 3.22. The molecule has 0 saturated carbocycles. The maximum atomic E-state index is 12.7. The Balaban J connectivity index is 1.56. The van der Waals surface area contributed by atoms with Gasteiger partial charge in [-0.2, -0.15) is 5.10 Å². The highest BCUT2D eigenvalue weighted by Gasteiger charge is 2.34. The van der Waals surface area contributed by atoms with Gasteiger partial charge in [0, 0.05) is 30.4 Å². The van der Waals surface area contributed by atoms with Gasteiger partial charge in [0.1, 0.15) is 4.83 Å². The molecule has 0 unspecified atom stereocenters. The van der Waals surface area contributed by atoms with Crippen LogP contribution in [-0.2, 0) is 4.79 Å². The van der Waals surface area contributed by atoms with Crippen LogP contribution in [0.1, 0.15) is 29.9 Å². The summed E-state index contributed by atoms with van der Waals surface area (Å²) in [5.41, 5.74) is 9.60. The first kappa shape index (κ1) is 23.9. The standard InChI is InChI=1S/C25H27N7O3S/c1-14-16(8-15(9-27-14)29-19(33)11-31-12-25(2,3)13-31)21-22(18-6-5-7-20(30-18)35-4)36-24-17(23(26)34)10-28-32(21)24/h5-10H,11-13H2,1-4H3,(H2,26,34)(H,29,33). The topological polar surface area (TPSA) is 128 Å². The number of nitrogens with two attached hydrogens (primary N) is 1. The molecular weight excluding hydrogens is 478 g/mol. The van der Waals surface area contributed by atoms with Crippen molar-refractivity contribution in [2.45, 2.75) is 20.8 Å². The Labute approximate surface area is 212 Å². The number of fused-ring (bicyclic) bond motifs is 1. The molecule has 1 fully saturated rings. The third-order valence-corrected chi connectivity index (χ3v) is 7.27. The molecule has 186 valence electrons. The smallest absolute Gasteiger partial charge is 0.253 e. The number of hydrogen-bond donors (Lipinski definition) is 2. The summed E-state index contributed by atoms with van der Waals surface area (Å²) >= 11 is 1.36. The number of anilines is 1. The number of pyridine rings is 2. The minimum absolute atomic E-state index is 0.0950. The molecule has 4 aromatic heterocycles. The number of hydrogen-bond acceptors (Lipinski definition) is 8. The van der Waals surface area contributed by atoms with E-state index in [0.29, 0.717) is 39.9 Å². The third-order valence-electron chi connectivity index (χ3n) is 6.08. The molecule has 5 heterocycles. The number of thiazole rings is 1. The van der Waals surface area contributed by atoms with Crippen LogP contribution in [-0.4, -0.2) is 63.0 Å². The van der Waals surface area contributed by atoms with Gasteiger partial charge in [0.25, 0.3) is 5.91 Å². The zero-order valence-corrected chi connectivity index (χ0v) is 21.3. The molecule has 2 amide bonds. The van der Waals surface area contributed by atoms with Crippen molar-refractivity contribution in [3.05, 3.63) is 47.9 Å². The molecule has 1 aliphatic rings. The van der Waals surface area contributed by atoms with Crippen molar-refractivity contribution in [1.29, 1.82) is 0 Å². The molecule has 0 aromatic carbocycles.